The molecule has 90 valence electrons. The molecule has 1 aromatic carbocycles. The largest absolute Gasteiger partial charge is 0.490 e. The van der Waals surface area contributed by atoms with Gasteiger partial charge in [-0.2, -0.15) is 0 Å². The van der Waals surface area contributed by atoms with Crippen LogP contribution in [-0.2, 0) is 0 Å². The highest BCUT2D eigenvalue weighted by molar-refractivity contribution is 5.26. The summed E-state index contributed by atoms with van der Waals surface area (Å²) in [5.74, 6) is 1.03. The summed E-state index contributed by atoms with van der Waals surface area (Å²) >= 11 is 0. The normalized spacial score (nSPS) is 16.2. The zero-order chi connectivity index (χ0) is 11.8. The Hall–Kier alpha value is -0.980. The highest BCUT2D eigenvalue weighted by Gasteiger charge is 2.14. The molecule has 16 heavy (non-hydrogen) atoms. The minimum absolute atomic E-state index is 0.464. The molecule has 0 atom stereocenters. The third kappa shape index (κ3) is 4.26. The standard InChI is InChI=1S/C13H18O.C2H6/c1-11-7-9-13(10-8-11)14-12-5-3-2-4-6-12;1-2/h7-10,12H,2-6H2,1H3;1-2H3. The first-order chi connectivity index (χ1) is 7.84. The number of aryl methyl sites for hydroxylation is 1. The fourth-order valence-corrected chi connectivity index (χ4v) is 1.99. The van der Waals surface area contributed by atoms with Crippen LogP contribution in [-0.4, -0.2) is 6.10 Å². The lowest BCUT2D eigenvalue weighted by molar-refractivity contribution is 0.155. The van der Waals surface area contributed by atoms with Crippen molar-refractivity contribution < 1.29 is 4.74 Å². The smallest absolute Gasteiger partial charge is 0.119 e. The molecule has 1 saturated carbocycles. The maximum Gasteiger partial charge on any atom is 0.119 e. The molecule has 0 bridgehead atoms. The molecule has 0 aliphatic heterocycles. The molecule has 0 saturated heterocycles. The van der Waals surface area contributed by atoms with Gasteiger partial charge >= 0.3 is 0 Å². The van der Waals surface area contributed by atoms with Gasteiger partial charge in [0.25, 0.3) is 0 Å². The first-order valence-electron chi connectivity index (χ1n) is 6.58. The average molecular weight is 220 g/mol. The molecule has 1 aromatic rings. The van der Waals surface area contributed by atoms with E-state index in [1.807, 2.05) is 13.8 Å². The number of benzene rings is 1. The maximum absolute atomic E-state index is 5.91. The molecule has 0 amide bonds. The molecule has 1 heteroatoms. The summed E-state index contributed by atoms with van der Waals surface area (Å²) in [4.78, 5) is 0. The Bertz CT molecular complexity index is 270. The first-order valence-corrected chi connectivity index (χ1v) is 6.58. The van der Waals surface area contributed by atoms with Gasteiger partial charge in [-0.05, 0) is 44.7 Å². The quantitative estimate of drug-likeness (QED) is 0.700. The van der Waals surface area contributed by atoms with Gasteiger partial charge in [0.05, 0.1) is 6.10 Å². The molecule has 1 aliphatic rings. The molecular formula is C15H24O. The number of rotatable bonds is 2. The monoisotopic (exact) mass is 220 g/mol. The number of hydrogen-bond donors (Lipinski definition) is 0. The van der Waals surface area contributed by atoms with E-state index in [4.69, 9.17) is 4.74 Å². The van der Waals surface area contributed by atoms with Crippen molar-refractivity contribution in [1.82, 2.24) is 0 Å². The Morgan fingerprint density at radius 1 is 0.938 bits per heavy atom. The van der Waals surface area contributed by atoms with Crippen molar-refractivity contribution in [1.29, 1.82) is 0 Å². The van der Waals surface area contributed by atoms with Crippen LogP contribution in [0.5, 0.6) is 5.75 Å². The molecule has 0 aromatic heterocycles. The molecule has 1 aliphatic carbocycles. The molecular weight excluding hydrogens is 196 g/mol. The Balaban J connectivity index is 0.000000606. The third-order valence-electron chi connectivity index (χ3n) is 2.88. The van der Waals surface area contributed by atoms with E-state index in [9.17, 15) is 0 Å². The van der Waals surface area contributed by atoms with Crippen molar-refractivity contribution in [2.75, 3.05) is 0 Å². The van der Waals surface area contributed by atoms with Crippen molar-refractivity contribution >= 4 is 0 Å². The lowest BCUT2D eigenvalue weighted by Gasteiger charge is -2.22. The lowest BCUT2D eigenvalue weighted by atomic mass is 9.98. The number of ether oxygens (including phenoxy) is 1. The predicted molar refractivity (Wildman–Crippen MR) is 70.0 cm³/mol. The maximum atomic E-state index is 5.91. The van der Waals surface area contributed by atoms with Gasteiger partial charge in [-0.1, -0.05) is 38.0 Å². The molecule has 2 rings (SSSR count). The molecule has 0 spiro atoms. The zero-order valence-electron chi connectivity index (χ0n) is 10.8. The van der Waals surface area contributed by atoms with Gasteiger partial charge in [0.2, 0.25) is 0 Å². The molecule has 0 N–H and O–H groups in total. The van der Waals surface area contributed by atoms with E-state index in [-0.39, 0.29) is 0 Å². The van der Waals surface area contributed by atoms with Crippen LogP contribution in [0.1, 0.15) is 51.5 Å². The van der Waals surface area contributed by atoms with Gasteiger partial charge in [-0.3, -0.25) is 0 Å². The first kappa shape index (κ1) is 13.1. The van der Waals surface area contributed by atoms with E-state index in [0.717, 1.165) is 5.75 Å². The van der Waals surface area contributed by atoms with Crippen LogP contribution in [0, 0.1) is 6.92 Å². The Morgan fingerprint density at radius 2 is 1.50 bits per heavy atom. The summed E-state index contributed by atoms with van der Waals surface area (Å²) in [5, 5.41) is 0. The molecule has 0 heterocycles. The van der Waals surface area contributed by atoms with E-state index < -0.39 is 0 Å². The Kier molecular flexibility index (Phi) is 5.99. The van der Waals surface area contributed by atoms with Crippen molar-refractivity contribution in [3.05, 3.63) is 29.8 Å². The fraction of sp³-hybridized carbons (Fsp3) is 0.600. The molecule has 0 unspecified atom stereocenters. The van der Waals surface area contributed by atoms with Crippen LogP contribution in [0.15, 0.2) is 24.3 Å². The second-order valence-electron chi connectivity index (χ2n) is 4.19. The summed E-state index contributed by atoms with van der Waals surface area (Å²) in [7, 11) is 0. The minimum atomic E-state index is 0.464. The van der Waals surface area contributed by atoms with Gasteiger partial charge < -0.3 is 4.74 Å². The lowest BCUT2D eigenvalue weighted by Crippen LogP contribution is -2.19. The topological polar surface area (TPSA) is 9.23 Å². The summed E-state index contributed by atoms with van der Waals surface area (Å²) in [5.41, 5.74) is 1.29. The van der Waals surface area contributed by atoms with Gasteiger partial charge in [0.15, 0.2) is 0 Å². The summed E-state index contributed by atoms with van der Waals surface area (Å²) in [6.45, 7) is 6.10. The fourth-order valence-electron chi connectivity index (χ4n) is 1.99. The molecule has 0 radical (unpaired) electrons. The number of hydrogen-bond acceptors (Lipinski definition) is 1. The summed E-state index contributed by atoms with van der Waals surface area (Å²) < 4.78 is 5.91. The van der Waals surface area contributed by atoms with Crippen molar-refractivity contribution in [2.45, 2.75) is 59.0 Å². The minimum Gasteiger partial charge on any atom is -0.490 e. The van der Waals surface area contributed by atoms with Crippen molar-refractivity contribution in [2.24, 2.45) is 0 Å². The van der Waals surface area contributed by atoms with Gasteiger partial charge in [-0.15, -0.1) is 0 Å². The second kappa shape index (κ2) is 7.32. The van der Waals surface area contributed by atoms with Crippen molar-refractivity contribution in [3.63, 3.8) is 0 Å². The van der Waals surface area contributed by atoms with Crippen LogP contribution >= 0.6 is 0 Å². The Morgan fingerprint density at radius 3 is 2.06 bits per heavy atom. The third-order valence-corrected chi connectivity index (χ3v) is 2.88. The molecule has 1 nitrogen and oxygen atoms in total. The van der Waals surface area contributed by atoms with Crippen LogP contribution < -0.4 is 4.74 Å². The van der Waals surface area contributed by atoms with Crippen LogP contribution in [0.2, 0.25) is 0 Å². The molecule has 1 fully saturated rings. The van der Waals surface area contributed by atoms with Gasteiger partial charge in [0, 0.05) is 0 Å². The van der Waals surface area contributed by atoms with Crippen LogP contribution in [0.25, 0.3) is 0 Å². The SMILES string of the molecule is CC.Cc1ccc(OC2CCCCC2)cc1. The van der Waals surface area contributed by atoms with Crippen LogP contribution in [0.3, 0.4) is 0 Å². The van der Waals surface area contributed by atoms with E-state index in [1.54, 1.807) is 0 Å². The van der Waals surface area contributed by atoms with Crippen LogP contribution in [0.4, 0.5) is 0 Å². The highest BCUT2D eigenvalue weighted by Crippen LogP contribution is 2.23. The summed E-state index contributed by atoms with van der Waals surface area (Å²) in [6.07, 6.45) is 6.97. The second-order valence-corrected chi connectivity index (χ2v) is 4.19. The van der Waals surface area contributed by atoms with Crippen molar-refractivity contribution in [3.8, 4) is 5.75 Å². The average Bonchev–Trinajstić information content (AvgIpc) is 2.36. The summed E-state index contributed by atoms with van der Waals surface area (Å²) in [6, 6.07) is 8.37. The van der Waals surface area contributed by atoms with E-state index in [0.29, 0.717) is 6.10 Å². The van der Waals surface area contributed by atoms with E-state index >= 15 is 0 Å². The van der Waals surface area contributed by atoms with E-state index in [1.165, 1.54) is 37.7 Å². The van der Waals surface area contributed by atoms with Gasteiger partial charge in [-0.25, -0.2) is 0 Å². The van der Waals surface area contributed by atoms with Gasteiger partial charge in [0.1, 0.15) is 5.75 Å². The Labute approximate surface area is 99.8 Å². The zero-order valence-corrected chi connectivity index (χ0v) is 10.8. The predicted octanol–water partition coefficient (Wildman–Crippen LogP) is 4.73. The highest BCUT2D eigenvalue weighted by atomic mass is 16.5. The van der Waals surface area contributed by atoms with E-state index in [2.05, 4.69) is 31.2 Å².